The molecule has 1 aliphatic rings. The number of aryl methyl sites for hydroxylation is 1. The average Bonchev–Trinajstić information content (AvgIpc) is 2.88. The molecule has 0 unspecified atom stereocenters. The first kappa shape index (κ1) is 15.1. The van der Waals surface area contributed by atoms with Gasteiger partial charge in [0.1, 0.15) is 5.76 Å². The summed E-state index contributed by atoms with van der Waals surface area (Å²) in [7, 11) is 0. The molecule has 110 valence electrons. The van der Waals surface area contributed by atoms with Gasteiger partial charge in [-0.25, -0.2) is 0 Å². The van der Waals surface area contributed by atoms with Crippen LogP contribution in [0.3, 0.4) is 0 Å². The van der Waals surface area contributed by atoms with Crippen LogP contribution in [0.15, 0.2) is 22.8 Å². The molecule has 0 N–H and O–H groups in total. The molecule has 0 aliphatic heterocycles. The molecule has 0 spiro atoms. The molecule has 20 heavy (non-hydrogen) atoms. The van der Waals surface area contributed by atoms with Gasteiger partial charge in [0.05, 0.1) is 6.26 Å². The van der Waals surface area contributed by atoms with Gasteiger partial charge >= 0.3 is 0 Å². The van der Waals surface area contributed by atoms with Crippen molar-refractivity contribution in [3.8, 4) is 0 Å². The standard InChI is InChI=1S/C18H26O2/c1-15-12-17(19)10-8-6-4-2-3-5-7-9-11-18-13-16(15)14-20-18/h12-14H,2-11H2,1H3/b15-12+. The molecule has 2 heteroatoms. The first-order valence-electron chi connectivity index (χ1n) is 8.04. The fraction of sp³-hybridized carbons (Fsp3) is 0.611. The van der Waals surface area contributed by atoms with E-state index in [-0.39, 0.29) is 5.78 Å². The summed E-state index contributed by atoms with van der Waals surface area (Å²) >= 11 is 0. The maximum Gasteiger partial charge on any atom is 0.155 e. The molecule has 0 radical (unpaired) electrons. The molecule has 0 amide bonds. The topological polar surface area (TPSA) is 30.2 Å². The van der Waals surface area contributed by atoms with Crippen LogP contribution in [0.1, 0.15) is 76.0 Å². The maximum absolute atomic E-state index is 11.9. The van der Waals surface area contributed by atoms with Crippen LogP contribution < -0.4 is 0 Å². The predicted molar refractivity (Wildman–Crippen MR) is 82.6 cm³/mol. The summed E-state index contributed by atoms with van der Waals surface area (Å²) in [4.78, 5) is 11.9. The van der Waals surface area contributed by atoms with Gasteiger partial charge in [-0.05, 0) is 37.5 Å². The van der Waals surface area contributed by atoms with Gasteiger partial charge in [-0.15, -0.1) is 0 Å². The molecule has 1 heterocycles. The van der Waals surface area contributed by atoms with Gasteiger partial charge in [-0.1, -0.05) is 38.5 Å². The van der Waals surface area contributed by atoms with Gasteiger partial charge in [0.15, 0.2) is 5.78 Å². The van der Waals surface area contributed by atoms with E-state index in [1.807, 2.05) is 6.92 Å². The third-order valence-corrected chi connectivity index (χ3v) is 4.08. The lowest BCUT2D eigenvalue weighted by molar-refractivity contribution is -0.114. The van der Waals surface area contributed by atoms with Crippen LogP contribution in [-0.2, 0) is 11.2 Å². The Morgan fingerprint density at radius 3 is 2.20 bits per heavy atom. The molecule has 2 rings (SSSR count). The summed E-state index contributed by atoms with van der Waals surface area (Å²) in [6, 6.07) is 2.09. The number of ketones is 1. The Labute approximate surface area is 122 Å². The zero-order valence-electron chi connectivity index (χ0n) is 12.6. The molecule has 2 bridgehead atoms. The van der Waals surface area contributed by atoms with Crippen LogP contribution in [0.2, 0.25) is 0 Å². The minimum atomic E-state index is 0.248. The number of allylic oxidation sites excluding steroid dienone is 2. The molecular weight excluding hydrogens is 248 g/mol. The monoisotopic (exact) mass is 274 g/mol. The van der Waals surface area contributed by atoms with Crippen LogP contribution in [-0.4, -0.2) is 5.78 Å². The van der Waals surface area contributed by atoms with Crippen LogP contribution in [0.25, 0.3) is 5.57 Å². The summed E-state index contributed by atoms with van der Waals surface area (Å²) in [6.45, 7) is 2.00. The van der Waals surface area contributed by atoms with Crippen LogP contribution in [0.4, 0.5) is 0 Å². The third-order valence-electron chi connectivity index (χ3n) is 4.08. The number of furan rings is 1. The summed E-state index contributed by atoms with van der Waals surface area (Å²) in [5.74, 6) is 1.30. The highest BCUT2D eigenvalue weighted by Crippen LogP contribution is 2.20. The summed E-state index contributed by atoms with van der Waals surface area (Å²) < 4.78 is 5.59. The van der Waals surface area contributed by atoms with Crippen LogP contribution >= 0.6 is 0 Å². The summed E-state index contributed by atoms with van der Waals surface area (Å²) in [5.41, 5.74) is 2.08. The fourth-order valence-electron chi connectivity index (χ4n) is 2.77. The summed E-state index contributed by atoms with van der Waals surface area (Å²) in [6.07, 6.45) is 15.2. The van der Waals surface area contributed by atoms with E-state index in [9.17, 15) is 4.79 Å². The number of hydrogen-bond acceptors (Lipinski definition) is 2. The SMILES string of the molecule is C/C1=C\C(=O)CCCCCCCCCCc2cc1co2. The van der Waals surface area contributed by atoms with E-state index >= 15 is 0 Å². The molecular formula is C18H26O2. The second-order valence-electron chi connectivity index (χ2n) is 5.92. The quantitative estimate of drug-likeness (QED) is 0.641. The van der Waals surface area contributed by atoms with Gasteiger partial charge in [0.25, 0.3) is 0 Å². The number of fused-ring (bicyclic) bond motifs is 2. The Balaban J connectivity index is 2.01. The van der Waals surface area contributed by atoms with E-state index in [2.05, 4.69) is 6.07 Å². The Morgan fingerprint density at radius 2 is 1.50 bits per heavy atom. The largest absolute Gasteiger partial charge is 0.469 e. The van der Waals surface area contributed by atoms with E-state index < -0.39 is 0 Å². The number of rotatable bonds is 0. The summed E-state index contributed by atoms with van der Waals surface area (Å²) in [5, 5.41) is 0. The molecule has 1 aliphatic carbocycles. The smallest absolute Gasteiger partial charge is 0.155 e. The molecule has 0 atom stereocenters. The van der Waals surface area contributed by atoms with Crippen molar-refractivity contribution >= 4 is 11.4 Å². The van der Waals surface area contributed by atoms with Crippen molar-refractivity contribution < 1.29 is 9.21 Å². The molecule has 0 saturated heterocycles. The van der Waals surface area contributed by atoms with Gasteiger partial charge in [-0.3, -0.25) is 4.79 Å². The molecule has 1 aromatic heterocycles. The van der Waals surface area contributed by atoms with Crippen molar-refractivity contribution in [3.05, 3.63) is 29.7 Å². The first-order chi connectivity index (χ1) is 9.75. The third kappa shape index (κ3) is 4.99. The lowest BCUT2D eigenvalue weighted by Gasteiger charge is -2.02. The van der Waals surface area contributed by atoms with E-state index in [1.54, 1.807) is 12.3 Å². The molecule has 0 aromatic carbocycles. The highest BCUT2D eigenvalue weighted by Gasteiger charge is 2.06. The van der Waals surface area contributed by atoms with Crippen LogP contribution in [0, 0.1) is 0 Å². The lowest BCUT2D eigenvalue weighted by Crippen LogP contribution is -1.94. The molecule has 1 aromatic rings. The van der Waals surface area contributed by atoms with Gasteiger partial charge in [0, 0.05) is 18.4 Å². The van der Waals surface area contributed by atoms with Gasteiger partial charge in [0.2, 0.25) is 0 Å². The van der Waals surface area contributed by atoms with Crippen molar-refractivity contribution in [1.29, 1.82) is 0 Å². The Kier molecular flexibility index (Phi) is 6.10. The van der Waals surface area contributed by atoms with Crippen molar-refractivity contribution in [1.82, 2.24) is 0 Å². The zero-order chi connectivity index (χ0) is 14.2. The van der Waals surface area contributed by atoms with Crippen molar-refractivity contribution in [2.45, 2.75) is 71.1 Å². The predicted octanol–water partition coefficient (Wildman–Crippen LogP) is 5.32. The van der Waals surface area contributed by atoms with E-state index in [4.69, 9.17) is 4.42 Å². The van der Waals surface area contributed by atoms with E-state index in [0.717, 1.165) is 29.7 Å². The van der Waals surface area contributed by atoms with E-state index in [0.29, 0.717) is 6.42 Å². The minimum absolute atomic E-state index is 0.248. The minimum Gasteiger partial charge on any atom is -0.469 e. The second-order valence-corrected chi connectivity index (χ2v) is 5.92. The Bertz CT molecular complexity index is 454. The lowest BCUT2D eigenvalue weighted by atomic mass is 10.0. The number of hydrogen-bond donors (Lipinski definition) is 0. The Hall–Kier alpha value is -1.31. The van der Waals surface area contributed by atoms with Crippen molar-refractivity contribution in [2.24, 2.45) is 0 Å². The normalized spacial score (nSPS) is 22.2. The first-order valence-corrected chi connectivity index (χ1v) is 8.04. The fourth-order valence-corrected chi connectivity index (χ4v) is 2.77. The highest BCUT2D eigenvalue weighted by molar-refractivity contribution is 5.96. The molecule has 2 nitrogen and oxygen atoms in total. The van der Waals surface area contributed by atoms with E-state index in [1.165, 1.54) is 44.9 Å². The second kappa shape index (κ2) is 8.08. The molecule has 0 fully saturated rings. The highest BCUT2D eigenvalue weighted by atomic mass is 16.3. The van der Waals surface area contributed by atoms with Gasteiger partial charge in [-0.2, -0.15) is 0 Å². The van der Waals surface area contributed by atoms with Crippen LogP contribution in [0.5, 0.6) is 0 Å². The van der Waals surface area contributed by atoms with Crippen molar-refractivity contribution in [2.75, 3.05) is 0 Å². The number of carbonyl (C=O) groups is 1. The average molecular weight is 274 g/mol. The van der Waals surface area contributed by atoms with Crippen molar-refractivity contribution in [3.63, 3.8) is 0 Å². The number of carbonyl (C=O) groups excluding carboxylic acids is 1. The van der Waals surface area contributed by atoms with Gasteiger partial charge < -0.3 is 4.42 Å². The molecule has 0 saturated carbocycles. The Morgan fingerprint density at radius 1 is 0.900 bits per heavy atom. The zero-order valence-corrected chi connectivity index (χ0v) is 12.6. The maximum atomic E-state index is 11.9.